The SMILES string of the molecule is COc1cc2[nH]c(-c3cc[nH]c3)cc2cc1N. The minimum absolute atomic E-state index is 0.652. The molecule has 4 nitrogen and oxygen atoms in total. The molecule has 1 aromatic carbocycles. The van der Waals surface area contributed by atoms with Crippen LogP contribution < -0.4 is 10.5 Å². The van der Waals surface area contributed by atoms with E-state index in [4.69, 9.17) is 10.5 Å². The van der Waals surface area contributed by atoms with Crippen LogP contribution >= 0.6 is 0 Å². The maximum atomic E-state index is 5.88. The van der Waals surface area contributed by atoms with Gasteiger partial charge in [0.1, 0.15) is 5.75 Å². The monoisotopic (exact) mass is 227 g/mol. The molecule has 0 aliphatic heterocycles. The summed E-state index contributed by atoms with van der Waals surface area (Å²) in [5, 5.41) is 1.08. The molecule has 4 N–H and O–H groups in total. The number of hydrogen-bond acceptors (Lipinski definition) is 2. The van der Waals surface area contributed by atoms with E-state index in [9.17, 15) is 0 Å². The van der Waals surface area contributed by atoms with E-state index in [1.54, 1.807) is 7.11 Å². The third kappa shape index (κ3) is 1.54. The molecule has 0 aliphatic rings. The lowest BCUT2D eigenvalue weighted by atomic mass is 10.2. The highest BCUT2D eigenvalue weighted by Crippen LogP contribution is 2.30. The normalized spacial score (nSPS) is 10.9. The van der Waals surface area contributed by atoms with Gasteiger partial charge in [0.15, 0.2) is 0 Å². The second kappa shape index (κ2) is 3.59. The number of nitrogens with two attached hydrogens (primary N) is 1. The Balaban J connectivity index is 2.19. The van der Waals surface area contributed by atoms with Crippen LogP contribution in [0.15, 0.2) is 36.7 Å². The van der Waals surface area contributed by atoms with Gasteiger partial charge in [-0.3, -0.25) is 0 Å². The van der Waals surface area contributed by atoms with Crippen molar-refractivity contribution in [3.63, 3.8) is 0 Å². The molecular formula is C13H13N3O. The van der Waals surface area contributed by atoms with Gasteiger partial charge < -0.3 is 20.4 Å². The van der Waals surface area contributed by atoms with Crippen LogP contribution in [-0.4, -0.2) is 17.1 Å². The molecule has 86 valence electrons. The van der Waals surface area contributed by atoms with Crippen LogP contribution in [0.25, 0.3) is 22.2 Å². The summed E-state index contributed by atoms with van der Waals surface area (Å²) in [6.07, 6.45) is 3.85. The van der Waals surface area contributed by atoms with Gasteiger partial charge in [-0.2, -0.15) is 0 Å². The first-order valence-electron chi connectivity index (χ1n) is 5.37. The predicted octanol–water partition coefficient (Wildman–Crippen LogP) is 2.75. The Morgan fingerprint density at radius 3 is 2.82 bits per heavy atom. The third-order valence-electron chi connectivity index (χ3n) is 2.88. The number of rotatable bonds is 2. The quantitative estimate of drug-likeness (QED) is 0.589. The average molecular weight is 227 g/mol. The molecule has 3 aromatic rings. The Morgan fingerprint density at radius 2 is 2.12 bits per heavy atom. The van der Waals surface area contributed by atoms with Gasteiger partial charge in [0.2, 0.25) is 0 Å². The molecule has 0 fully saturated rings. The first kappa shape index (κ1) is 9.84. The number of aromatic amines is 2. The Morgan fingerprint density at radius 1 is 1.24 bits per heavy atom. The number of H-pyrrole nitrogens is 2. The predicted molar refractivity (Wildman–Crippen MR) is 69.0 cm³/mol. The Hall–Kier alpha value is -2.36. The molecule has 2 heterocycles. The van der Waals surface area contributed by atoms with Crippen LogP contribution in [0.3, 0.4) is 0 Å². The number of ether oxygens (including phenoxy) is 1. The number of nitrogen functional groups attached to an aromatic ring is 1. The van der Waals surface area contributed by atoms with E-state index in [1.807, 2.05) is 30.6 Å². The number of anilines is 1. The van der Waals surface area contributed by atoms with E-state index in [2.05, 4.69) is 16.0 Å². The number of benzene rings is 1. The van der Waals surface area contributed by atoms with Gasteiger partial charge in [0.05, 0.1) is 12.8 Å². The van der Waals surface area contributed by atoms with Crippen molar-refractivity contribution in [3.8, 4) is 17.0 Å². The molecule has 0 radical (unpaired) electrons. The van der Waals surface area contributed by atoms with E-state index in [1.165, 1.54) is 0 Å². The van der Waals surface area contributed by atoms with Crippen molar-refractivity contribution >= 4 is 16.6 Å². The molecule has 4 heteroatoms. The molecule has 2 aromatic heterocycles. The van der Waals surface area contributed by atoms with Crippen LogP contribution in [0.2, 0.25) is 0 Å². The highest BCUT2D eigenvalue weighted by Gasteiger charge is 2.07. The van der Waals surface area contributed by atoms with Gasteiger partial charge in [-0.25, -0.2) is 0 Å². The van der Waals surface area contributed by atoms with E-state index in [0.29, 0.717) is 11.4 Å². The van der Waals surface area contributed by atoms with Crippen molar-refractivity contribution < 1.29 is 4.74 Å². The summed E-state index contributed by atoms with van der Waals surface area (Å²) in [6, 6.07) is 7.93. The Bertz CT molecular complexity index is 653. The number of fused-ring (bicyclic) bond motifs is 1. The molecule has 0 unspecified atom stereocenters. The van der Waals surface area contributed by atoms with Crippen LogP contribution in [-0.2, 0) is 0 Å². The smallest absolute Gasteiger partial charge is 0.143 e. The van der Waals surface area contributed by atoms with Gasteiger partial charge in [0, 0.05) is 40.6 Å². The standard InChI is InChI=1S/C13H13N3O/c1-17-13-6-12-9(4-10(13)14)5-11(16-12)8-2-3-15-7-8/h2-7,15-16H,14H2,1H3. The van der Waals surface area contributed by atoms with E-state index in [0.717, 1.165) is 22.2 Å². The highest BCUT2D eigenvalue weighted by atomic mass is 16.5. The number of nitrogens with one attached hydrogen (secondary N) is 2. The van der Waals surface area contributed by atoms with E-state index < -0.39 is 0 Å². The van der Waals surface area contributed by atoms with Crippen LogP contribution in [0.1, 0.15) is 0 Å². The first-order valence-corrected chi connectivity index (χ1v) is 5.37. The zero-order valence-electron chi connectivity index (χ0n) is 9.45. The van der Waals surface area contributed by atoms with Crippen LogP contribution in [0, 0.1) is 0 Å². The van der Waals surface area contributed by atoms with Gasteiger partial charge in [-0.05, 0) is 18.2 Å². The second-order valence-corrected chi connectivity index (χ2v) is 3.96. The highest BCUT2D eigenvalue weighted by molar-refractivity contribution is 5.90. The molecule has 0 aliphatic carbocycles. The number of aromatic nitrogens is 2. The molecule has 17 heavy (non-hydrogen) atoms. The van der Waals surface area contributed by atoms with Crippen LogP contribution in [0.4, 0.5) is 5.69 Å². The average Bonchev–Trinajstić information content (AvgIpc) is 2.95. The molecule has 0 saturated carbocycles. The zero-order valence-corrected chi connectivity index (χ0v) is 9.45. The van der Waals surface area contributed by atoms with Gasteiger partial charge in [-0.1, -0.05) is 0 Å². The Kier molecular flexibility index (Phi) is 2.08. The summed E-state index contributed by atoms with van der Waals surface area (Å²) >= 11 is 0. The lowest BCUT2D eigenvalue weighted by Crippen LogP contribution is -1.91. The molecule has 0 amide bonds. The summed E-state index contributed by atoms with van der Waals surface area (Å²) in [7, 11) is 1.62. The van der Waals surface area contributed by atoms with Gasteiger partial charge >= 0.3 is 0 Å². The number of methoxy groups -OCH3 is 1. The lowest BCUT2D eigenvalue weighted by Gasteiger charge is -2.03. The summed E-state index contributed by atoms with van der Waals surface area (Å²) in [5.41, 5.74) is 9.74. The zero-order chi connectivity index (χ0) is 11.8. The van der Waals surface area contributed by atoms with Crippen molar-refractivity contribution in [1.82, 2.24) is 9.97 Å². The topological polar surface area (TPSA) is 66.8 Å². The van der Waals surface area contributed by atoms with E-state index in [-0.39, 0.29) is 0 Å². The van der Waals surface area contributed by atoms with Crippen molar-refractivity contribution in [3.05, 3.63) is 36.7 Å². The molecule has 3 rings (SSSR count). The summed E-state index contributed by atoms with van der Waals surface area (Å²) < 4.78 is 5.20. The fraction of sp³-hybridized carbons (Fsp3) is 0.0769. The molecule has 0 spiro atoms. The minimum atomic E-state index is 0.652. The van der Waals surface area contributed by atoms with Gasteiger partial charge in [0.25, 0.3) is 0 Å². The summed E-state index contributed by atoms with van der Waals surface area (Å²) in [4.78, 5) is 6.38. The second-order valence-electron chi connectivity index (χ2n) is 3.96. The third-order valence-corrected chi connectivity index (χ3v) is 2.88. The fourth-order valence-electron chi connectivity index (χ4n) is 2.00. The molecule has 0 saturated heterocycles. The Labute approximate surface area is 98.4 Å². The summed E-state index contributed by atoms with van der Waals surface area (Å²) in [6.45, 7) is 0. The maximum absolute atomic E-state index is 5.88. The van der Waals surface area contributed by atoms with Crippen molar-refractivity contribution in [2.75, 3.05) is 12.8 Å². The number of hydrogen-bond donors (Lipinski definition) is 3. The molecular weight excluding hydrogens is 214 g/mol. The molecule has 0 atom stereocenters. The summed E-state index contributed by atoms with van der Waals surface area (Å²) in [5.74, 6) is 0.694. The minimum Gasteiger partial charge on any atom is -0.495 e. The molecule has 0 bridgehead atoms. The van der Waals surface area contributed by atoms with Gasteiger partial charge in [-0.15, -0.1) is 0 Å². The fourth-order valence-corrected chi connectivity index (χ4v) is 2.00. The largest absolute Gasteiger partial charge is 0.495 e. The van der Waals surface area contributed by atoms with Crippen molar-refractivity contribution in [2.45, 2.75) is 0 Å². The van der Waals surface area contributed by atoms with Crippen LogP contribution in [0.5, 0.6) is 5.75 Å². The lowest BCUT2D eigenvalue weighted by molar-refractivity contribution is 0.417. The van der Waals surface area contributed by atoms with Crippen molar-refractivity contribution in [1.29, 1.82) is 0 Å². The first-order chi connectivity index (χ1) is 8.28. The van der Waals surface area contributed by atoms with Crippen molar-refractivity contribution in [2.24, 2.45) is 0 Å². The maximum Gasteiger partial charge on any atom is 0.143 e. The van der Waals surface area contributed by atoms with E-state index >= 15 is 0 Å².